The Balaban J connectivity index is 4.02. The zero-order valence-electron chi connectivity index (χ0n) is 8.19. The van der Waals surface area contributed by atoms with Crippen LogP contribution in [0.25, 0.3) is 0 Å². The predicted octanol–water partition coefficient (Wildman–Crippen LogP) is -0.585. The van der Waals surface area contributed by atoms with Crippen LogP contribution in [0.1, 0.15) is 13.3 Å². The average molecular weight is 225 g/mol. The molecule has 14 heavy (non-hydrogen) atoms. The zero-order valence-corrected chi connectivity index (χ0v) is 9.00. The van der Waals surface area contributed by atoms with Crippen LogP contribution in [0, 0.1) is 0 Å². The van der Waals surface area contributed by atoms with E-state index in [-0.39, 0.29) is 6.04 Å². The van der Waals surface area contributed by atoms with Crippen molar-refractivity contribution < 1.29 is 23.1 Å². The molecule has 0 spiro atoms. The van der Waals surface area contributed by atoms with Crippen LogP contribution >= 0.6 is 0 Å². The highest BCUT2D eigenvalue weighted by Crippen LogP contribution is 1.95. The molecule has 0 radical (unpaired) electrons. The molecule has 0 amide bonds. The molecule has 6 nitrogen and oxygen atoms in total. The number of hydrogen-bond acceptors (Lipinski definition) is 4. The van der Waals surface area contributed by atoms with Gasteiger partial charge in [-0.05, 0) is 13.3 Å². The highest BCUT2D eigenvalue weighted by atomic mass is 32.2. The normalized spacial score (nSPS) is 13.9. The second-order valence-electron chi connectivity index (χ2n) is 2.95. The first-order valence-electron chi connectivity index (χ1n) is 4.08. The van der Waals surface area contributed by atoms with Gasteiger partial charge in [0.05, 0.1) is 0 Å². The Kier molecular flexibility index (Phi) is 5.66. The van der Waals surface area contributed by atoms with Gasteiger partial charge in [-0.3, -0.25) is 4.79 Å². The molecule has 0 aromatic carbocycles. The van der Waals surface area contributed by atoms with Crippen molar-refractivity contribution in [1.29, 1.82) is 0 Å². The van der Waals surface area contributed by atoms with Crippen molar-refractivity contribution in [3.8, 4) is 0 Å². The lowest BCUT2D eigenvalue weighted by Gasteiger charge is -2.12. The van der Waals surface area contributed by atoms with Crippen molar-refractivity contribution in [2.45, 2.75) is 19.4 Å². The van der Waals surface area contributed by atoms with Crippen LogP contribution in [0.15, 0.2) is 0 Å². The topological polar surface area (TPSA) is 92.7 Å². The van der Waals surface area contributed by atoms with Crippen molar-refractivity contribution in [3.63, 3.8) is 0 Å². The smallest absolute Gasteiger partial charge is 0.320 e. The summed E-state index contributed by atoms with van der Waals surface area (Å²) in [7, 11) is -2.20. The molecule has 0 bridgehead atoms. The van der Waals surface area contributed by atoms with Gasteiger partial charge >= 0.3 is 5.97 Å². The minimum absolute atomic E-state index is 0.320. The molecule has 0 aliphatic heterocycles. The van der Waals surface area contributed by atoms with Crippen molar-refractivity contribution >= 4 is 16.0 Å². The number of methoxy groups -OCH3 is 1. The molecule has 0 aliphatic rings. The highest BCUT2D eigenvalue weighted by Gasteiger charge is 2.17. The first kappa shape index (κ1) is 13.3. The third-order valence-corrected chi connectivity index (χ3v) is 2.84. The van der Waals surface area contributed by atoms with Crippen molar-refractivity contribution in [1.82, 2.24) is 4.72 Å². The summed E-state index contributed by atoms with van der Waals surface area (Å²) >= 11 is 0. The van der Waals surface area contributed by atoms with E-state index >= 15 is 0 Å². The van der Waals surface area contributed by atoms with E-state index < -0.39 is 21.7 Å². The van der Waals surface area contributed by atoms with Crippen LogP contribution in [0.4, 0.5) is 0 Å². The number of nitrogens with one attached hydrogen (secondary N) is 1. The van der Waals surface area contributed by atoms with Crippen LogP contribution < -0.4 is 4.72 Å². The number of carbonyl (C=O) groups is 1. The summed E-state index contributed by atoms with van der Waals surface area (Å²) in [5.41, 5.74) is 0. The fourth-order valence-electron chi connectivity index (χ4n) is 0.864. The fraction of sp³-hybridized carbons (Fsp3) is 0.857. The van der Waals surface area contributed by atoms with E-state index in [1.54, 1.807) is 6.92 Å². The molecule has 0 aromatic rings. The lowest BCUT2D eigenvalue weighted by atomic mass is 10.3. The Bertz CT molecular complexity index is 274. The van der Waals surface area contributed by atoms with Crippen LogP contribution in [0.2, 0.25) is 0 Å². The number of hydrogen-bond donors (Lipinski definition) is 2. The van der Waals surface area contributed by atoms with E-state index in [2.05, 4.69) is 4.72 Å². The average Bonchev–Trinajstić information content (AvgIpc) is 1.96. The summed E-state index contributed by atoms with van der Waals surface area (Å²) in [4.78, 5) is 10.2. The van der Waals surface area contributed by atoms with Gasteiger partial charge in [0.25, 0.3) is 0 Å². The Hall–Kier alpha value is -0.660. The summed E-state index contributed by atoms with van der Waals surface area (Å²) in [6.45, 7) is 2.08. The third kappa shape index (κ3) is 6.81. The van der Waals surface area contributed by atoms with Gasteiger partial charge in [-0.25, -0.2) is 13.1 Å². The summed E-state index contributed by atoms with van der Waals surface area (Å²) in [6.07, 6.45) is 0.509. The molecule has 0 saturated carbocycles. The van der Waals surface area contributed by atoms with E-state index in [4.69, 9.17) is 9.84 Å². The molecule has 1 atom stereocenters. The Morgan fingerprint density at radius 2 is 2.14 bits per heavy atom. The minimum Gasteiger partial charge on any atom is -0.480 e. The standard InChI is InChI=1S/C7H15NO5S/c1-6(3-4-13-2)8-14(11,12)5-7(9)10/h6,8H,3-5H2,1-2H3,(H,9,10). The van der Waals surface area contributed by atoms with Crippen molar-refractivity contribution in [2.75, 3.05) is 19.5 Å². The summed E-state index contributed by atoms with van der Waals surface area (Å²) in [6, 6.07) is -0.320. The summed E-state index contributed by atoms with van der Waals surface area (Å²) < 4.78 is 29.2. The Morgan fingerprint density at radius 3 is 2.57 bits per heavy atom. The zero-order chi connectivity index (χ0) is 11.2. The summed E-state index contributed by atoms with van der Waals surface area (Å²) in [5.74, 6) is -2.26. The van der Waals surface area contributed by atoms with Crippen LogP contribution in [0.5, 0.6) is 0 Å². The van der Waals surface area contributed by atoms with Gasteiger partial charge in [0.15, 0.2) is 5.75 Å². The largest absolute Gasteiger partial charge is 0.480 e. The van der Waals surface area contributed by atoms with E-state index in [1.165, 1.54) is 7.11 Å². The van der Waals surface area contributed by atoms with Crippen molar-refractivity contribution in [3.05, 3.63) is 0 Å². The number of aliphatic carboxylic acids is 1. The molecule has 0 fully saturated rings. The maximum atomic E-state index is 11.1. The first-order valence-corrected chi connectivity index (χ1v) is 5.73. The van der Waals surface area contributed by atoms with E-state index in [9.17, 15) is 13.2 Å². The Morgan fingerprint density at radius 1 is 1.57 bits per heavy atom. The quantitative estimate of drug-likeness (QED) is 0.604. The molecular weight excluding hydrogens is 210 g/mol. The SMILES string of the molecule is COCCC(C)NS(=O)(=O)CC(=O)O. The van der Waals surface area contributed by atoms with Crippen LogP contribution in [-0.4, -0.2) is 45.0 Å². The van der Waals surface area contributed by atoms with Gasteiger partial charge in [0, 0.05) is 19.8 Å². The maximum absolute atomic E-state index is 11.1. The van der Waals surface area contributed by atoms with E-state index in [1.807, 2.05) is 0 Å². The molecular formula is C7H15NO5S. The molecule has 84 valence electrons. The molecule has 2 N–H and O–H groups in total. The second kappa shape index (κ2) is 5.94. The molecule has 0 heterocycles. The second-order valence-corrected chi connectivity index (χ2v) is 4.71. The lowest BCUT2D eigenvalue weighted by molar-refractivity contribution is -0.134. The van der Waals surface area contributed by atoms with Gasteiger partial charge in [0.2, 0.25) is 10.0 Å². The van der Waals surface area contributed by atoms with Crippen molar-refractivity contribution in [2.24, 2.45) is 0 Å². The van der Waals surface area contributed by atoms with Crippen LogP contribution in [0.3, 0.4) is 0 Å². The molecule has 1 unspecified atom stereocenters. The maximum Gasteiger partial charge on any atom is 0.320 e. The minimum atomic E-state index is -3.72. The molecule has 0 saturated heterocycles. The number of ether oxygens (including phenoxy) is 1. The van der Waals surface area contributed by atoms with Gasteiger partial charge in [-0.2, -0.15) is 0 Å². The number of carboxylic acids is 1. The van der Waals surface area contributed by atoms with E-state index in [0.717, 1.165) is 0 Å². The highest BCUT2D eigenvalue weighted by molar-refractivity contribution is 7.90. The van der Waals surface area contributed by atoms with Gasteiger partial charge in [0.1, 0.15) is 0 Å². The molecule has 0 aliphatic carbocycles. The monoisotopic (exact) mass is 225 g/mol. The predicted molar refractivity (Wildman–Crippen MR) is 50.5 cm³/mol. The number of rotatable bonds is 7. The Labute approximate surface area is 83.3 Å². The molecule has 0 aromatic heterocycles. The number of carboxylic acid groups (broad SMARTS) is 1. The lowest BCUT2D eigenvalue weighted by Crippen LogP contribution is -2.37. The summed E-state index contributed by atoms with van der Waals surface area (Å²) in [5, 5.41) is 8.29. The first-order chi connectivity index (χ1) is 6.37. The third-order valence-electron chi connectivity index (χ3n) is 1.45. The van der Waals surface area contributed by atoms with Gasteiger partial charge in [-0.1, -0.05) is 0 Å². The van der Waals surface area contributed by atoms with Crippen LogP contribution in [-0.2, 0) is 19.6 Å². The fourth-order valence-corrected chi connectivity index (χ4v) is 2.00. The number of sulfonamides is 1. The van der Waals surface area contributed by atoms with Gasteiger partial charge < -0.3 is 9.84 Å². The molecule has 7 heteroatoms. The van der Waals surface area contributed by atoms with E-state index in [0.29, 0.717) is 13.0 Å². The van der Waals surface area contributed by atoms with Gasteiger partial charge in [-0.15, -0.1) is 0 Å². The molecule has 0 rings (SSSR count).